The number of carbonyl (C=O) groups is 1. The second-order valence-electron chi connectivity index (χ2n) is 4.68. The van der Waals surface area contributed by atoms with Gasteiger partial charge in [-0.3, -0.25) is 4.79 Å². The molecule has 0 aliphatic heterocycles. The molecule has 1 saturated carbocycles. The first-order valence-corrected chi connectivity index (χ1v) is 6.30. The molecule has 4 heteroatoms. The number of phenolic OH excluding ortho intramolecular Hbond substituents is 1. The van der Waals surface area contributed by atoms with Crippen molar-refractivity contribution in [2.24, 2.45) is 0 Å². The fourth-order valence-corrected chi connectivity index (χ4v) is 2.83. The number of aliphatic carboxylic acids is 1. The first-order chi connectivity index (χ1) is 8.62. The van der Waals surface area contributed by atoms with E-state index in [1.807, 2.05) is 6.92 Å². The van der Waals surface area contributed by atoms with Crippen molar-refractivity contribution in [1.29, 1.82) is 0 Å². The number of benzene rings is 1. The van der Waals surface area contributed by atoms with Crippen LogP contribution in [0.25, 0.3) is 0 Å². The summed E-state index contributed by atoms with van der Waals surface area (Å²) < 4.78 is 5.48. The van der Waals surface area contributed by atoms with Crippen molar-refractivity contribution in [3.8, 4) is 11.5 Å². The number of carboxylic acids is 1. The van der Waals surface area contributed by atoms with Crippen LogP contribution in [0.2, 0.25) is 0 Å². The van der Waals surface area contributed by atoms with Crippen molar-refractivity contribution in [1.82, 2.24) is 0 Å². The molecule has 0 unspecified atom stereocenters. The van der Waals surface area contributed by atoms with Crippen molar-refractivity contribution in [2.75, 3.05) is 6.61 Å². The number of hydrogen-bond donors (Lipinski definition) is 2. The third-order valence-electron chi connectivity index (χ3n) is 3.65. The minimum Gasteiger partial charge on any atom is -0.507 e. The van der Waals surface area contributed by atoms with Gasteiger partial charge in [0.15, 0.2) is 0 Å². The van der Waals surface area contributed by atoms with Gasteiger partial charge in [0.2, 0.25) is 0 Å². The van der Waals surface area contributed by atoms with Crippen molar-refractivity contribution >= 4 is 5.97 Å². The van der Waals surface area contributed by atoms with Crippen LogP contribution in [-0.2, 0) is 10.2 Å². The Morgan fingerprint density at radius 3 is 2.61 bits per heavy atom. The van der Waals surface area contributed by atoms with Gasteiger partial charge in [0, 0.05) is 0 Å². The number of phenols is 1. The van der Waals surface area contributed by atoms with Gasteiger partial charge in [0.05, 0.1) is 17.6 Å². The maximum Gasteiger partial charge on any atom is 0.314 e. The molecule has 0 spiro atoms. The van der Waals surface area contributed by atoms with E-state index < -0.39 is 11.4 Å². The van der Waals surface area contributed by atoms with Crippen LogP contribution in [0.5, 0.6) is 11.5 Å². The maximum absolute atomic E-state index is 11.7. The molecule has 0 aromatic heterocycles. The highest BCUT2D eigenvalue weighted by Crippen LogP contribution is 2.48. The van der Waals surface area contributed by atoms with Gasteiger partial charge in [-0.05, 0) is 31.9 Å². The molecule has 1 aromatic carbocycles. The zero-order valence-electron chi connectivity index (χ0n) is 10.5. The number of aromatic hydroxyl groups is 1. The maximum atomic E-state index is 11.7. The predicted molar refractivity (Wildman–Crippen MR) is 67.1 cm³/mol. The molecule has 0 amide bonds. The minimum atomic E-state index is -0.990. The Hall–Kier alpha value is -1.71. The molecule has 1 fully saturated rings. The lowest BCUT2D eigenvalue weighted by Crippen LogP contribution is -2.33. The summed E-state index contributed by atoms with van der Waals surface area (Å²) in [6, 6.07) is 4.93. The Balaban J connectivity index is 2.57. The standard InChI is InChI=1S/C14H18O4/c1-2-18-11-7-5-6-10(15)12(11)14(13(16)17)8-3-4-9-14/h5-7,15H,2-4,8-9H2,1H3,(H,16,17). The lowest BCUT2D eigenvalue weighted by molar-refractivity contribution is -0.143. The molecule has 18 heavy (non-hydrogen) atoms. The summed E-state index contributed by atoms with van der Waals surface area (Å²) in [5.74, 6) is -0.366. The zero-order chi connectivity index (χ0) is 13.2. The van der Waals surface area contributed by atoms with Crippen LogP contribution in [0, 0.1) is 0 Å². The van der Waals surface area contributed by atoms with E-state index in [9.17, 15) is 15.0 Å². The highest BCUT2D eigenvalue weighted by molar-refractivity contribution is 5.84. The van der Waals surface area contributed by atoms with Crippen molar-refractivity contribution < 1.29 is 19.7 Å². The third-order valence-corrected chi connectivity index (χ3v) is 3.65. The molecule has 0 heterocycles. The summed E-state index contributed by atoms with van der Waals surface area (Å²) in [5, 5.41) is 19.6. The second-order valence-corrected chi connectivity index (χ2v) is 4.68. The molecule has 2 N–H and O–H groups in total. The summed E-state index contributed by atoms with van der Waals surface area (Å²) in [7, 11) is 0. The molecule has 0 atom stereocenters. The molecule has 0 saturated heterocycles. The molecule has 2 rings (SSSR count). The van der Waals surface area contributed by atoms with E-state index in [4.69, 9.17) is 4.74 Å². The SMILES string of the molecule is CCOc1cccc(O)c1C1(C(=O)O)CCCC1. The molecule has 0 bridgehead atoms. The molecular formula is C14H18O4. The molecule has 0 radical (unpaired) electrons. The van der Waals surface area contributed by atoms with Crippen LogP contribution in [0.3, 0.4) is 0 Å². The van der Waals surface area contributed by atoms with E-state index in [-0.39, 0.29) is 5.75 Å². The van der Waals surface area contributed by atoms with Crippen molar-refractivity contribution in [2.45, 2.75) is 38.0 Å². The number of hydrogen-bond acceptors (Lipinski definition) is 3. The Bertz CT molecular complexity index is 447. The first kappa shape index (κ1) is 12.7. The van der Waals surface area contributed by atoms with E-state index in [0.717, 1.165) is 12.8 Å². The van der Waals surface area contributed by atoms with Crippen molar-refractivity contribution in [3.63, 3.8) is 0 Å². The molecule has 1 aromatic rings. The fourth-order valence-electron chi connectivity index (χ4n) is 2.83. The highest BCUT2D eigenvalue weighted by atomic mass is 16.5. The first-order valence-electron chi connectivity index (χ1n) is 6.30. The van der Waals surface area contributed by atoms with Gasteiger partial charge in [0.1, 0.15) is 11.5 Å². The van der Waals surface area contributed by atoms with E-state index in [0.29, 0.717) is 30.8 Å². The monoisotopic (exact) mass is 250 g/mol. The van der Waals surface area contributed by atoms with Crippen molar-refractivity contribution in [3.05, 3.63) is 23.8 Å². The molecule has 1 aliphatic rings. The Kier molecular flexibility index (Phi) is 3.45. The van der Waals surface area contributed by atoms with Gasteiger partial charge < -0.3 is 14.9 Å². The zero-order valence-corrected chi connectivity index (χ0v) is 10.5. The lowest BCUT2D eigenvalue weighted by atomic mass is 9.78. The van der Waals surface area contributed by atoms with Gasteiger partial charge in [-0.15, -0.1) is 0 Å². The van der Waals surface area contributed by atoms with Gasteiger partial charge in [-0.1, -0.05) is 18.9 Å². The van der Waals surface area contributed by atoms with Gasteiger partial charge >= 0.3 is 5.97 Å². The summed E-state index contributed by atoms with van der Waals surface area (Å²) in [6.45, 7) is 2.29. The molecule has 98 valence electrons. The van der Waals surface area contributed by atoms with Crippen LogP contribution < -0.4 is 4.74 Å². The van der Waals surface area contributed by atoms with E-state index in [1.165, 1.54) is 6.07 Å². The van der Waals surface area contributed by atoms with Crippen LogP contribution in [0.15, 0.2) is 18.2 Å². The number of rotatable bonds is 4. The number of ether oxygens (including phenoxy) is 1. The fraction of sp³-hybridized carbons (Fsp3) is 0.500. The van der Waals surface area contributed by atoms with Crippen LogP contribution in [0.4, 0.5) is 0 Å². The normalized spacial score (nSPS) is 17.6. The van der Waals surface area contributed by atoms with Crippen LogP contribution >= 0.6 is 0 Å². The summed E-state index contributed by atoms with van der Waals surface area (Å²) in [4.78, 5) is 11.7. The minimum absolute atomic E-state index is 0.0188. The molecule has 4 nitrogen and oxygen atoms in total. The number of carboxylic acid groups (broad SMARTS) is 1. The predicted octanol–water partition coefficient (Wildman–Crippen LogP) is 2.69. The van der Waals surface area contributed by atoms with Gasteiger partial charge in [0.25, 0.3) is 0 Å². The van der Waals surface area contributed by atoms with E-state index in [2.05, 4.69) is 0 Å². The van der Waals surface area contributed by atoms with Gasteiger partial charge in [-0.25, -0.2) is 0 Å². The van der Waals surface area contributed by atoms with E-state index in [1.54, 1.807) is 12.1 Å². The Labute approximate surface area is 106 Å². The van der Waals surface area contributed by atoms with Gasteiger partial charge in [-0.2, -0.15) is 0 Å². The van der Waals surface area contributed by atoms with Crippen LogP contribution in [0.1, 0.15) is 38.2 Å². The largest absolute Gasteiger partial charge is 0.507 e. The third kappa shape index (κ3) is 1.92. The second kappa shape index (κ2) is 4.88. The summed E-state index contributed by atoms with van der Waals surface area (Å²) in [6.07, 6.45) is 2.85. The molecule has 1 aliphatic carbocycles. The summed E-state index contributed by atoms with van der Waals surface area (Å²) >= 11 is 0. The quantitative estimate of drug-likeness (QED) is 0.862. The Morgan fingerprint density at radius 1 is 1.39 bits per heavy atom. The Morgan fingerprint density at radius 2 is 2.06 bits per heavy atom. The smallest absolute Gasteiger partial charge is 0.314 e. The summed E-state index contributed by atoms with van der Waals surface area (Å²) in [5.41, 5.74) is -0.549. The average molecular weight is 250 g/mol. The topological polar surface area (TPSA) is 66.8 Å². The lowest BCUT2D eigenvalue weighted by Gasteiger charge is -2.27. The highest BCUT2D eigenvalue weighted by Gasteiger charge is 2.46. The molecular weight excluding hydrogens is 232 g/mol. The van der Waals surface area contributed by atoms with E-state index >= 15 is 0 Å². The van der Waals surface area contributed by atoms with Crippen LogP contribution in [-0.4, -0.2) is 22.8 Å². The average Bonchev–Trinajstić information content (AvgIpc) is 2.80.